The third kappa shape index (κ3) is 3.66. The van der Waals surface area contributed by atoms with E-state index in [2.05, 4.69) is 0 Å². The second-order valence-corrected chi connectivity index (χ2v) is 9.67. The fourth-order valence-electron chi connectivity index (χ4n) is 4.02. The number of sulfonamides is 1. The number of nitrogens with zero attached hydrogens (tertiary/aromatic N) is 3. The number of hydrogen-bond acceptors (Lipinski definition) is 5. The minimum Gasteiger partial charge on any atom is -0.444 e. The lowest BCUT2D eigenvalue weighted by atomic mass is 9.97. The Morgan fingerprint density at radius 2 is 1.93 bits per heavy atom. The number of rotatable bonds is 3. The molecule has 1 aromatic carbocycles. The molecule has 152 valence electrons. The molecule has 1 unspecified atom stereocenters. The zero-order chi connectivity index (χ0) is 20.6. The molecule has 1 aliphatic carbocycles. The van der Waals surface area contributed by atoms with E-state index in [-0.39, 0.29) is 41.6 Å². The zero-order valence-corrected chi connectivity index (χ0v) is 17.2. The molecule has 2 fully saturated rings. The molecule has 1 amide bonds. The van der Waals surface area contributed by atoms with Gasteiger partial charge in [0.05, 0.1) is 15.8 Å². The van der Waals surface area contributed by atoms with Crippen LogP contribution in [0.25, 0.3) is 0 Å². The van der Waals surface area contributed by atoms with Crippen molar-refractivity contribution in [1.29, 1.82) is 5.26 Å². The fraction of sp³-hybridized carbons (Fsp3) is 0.400. The average Bonchev–Trinajstić information content (AvgIpc) is 2.74. The van der Waals surface area contributed by atoms with Gasteiger partial charge in [-0.25, -0.2) is 13.2 Å². The van der Waals surface area contributed by atoms with Gasteiger partial charge in [-0.1, -0.05) is 24.3 Å². The van der Waals surface area contributed by atoms with Crippen LogP contribution in [-0.2, 0) is 14.8 Å². The summed E-state index contributed by atoms with van der Waals surface area (Å²) in [5.74, 6) is 0. The molecule has 0 radical (unpaired) electrons. The topological polar surface area (TPSA) is 90.7 Å². The maximum Gasteiger partial charge on any atom is 0.414 e. The Hall–Kier alpha value is -2.34. The van der Waals surface area contributed by atoms with Gasteiger partial charge in [0.2, 0.25) is 10.0 Å². The predicted molar refractivity (Wildman–Crippen MR) is 107 cm³/mol. The van der Waals surface area contributed by atoms with Gasteiger partial charge in [0.1, 0.15) is 12.7 Å². The van der Waals surface area contributed by atoms with Crippen molar-refractivity contribution >= 4 is 27.7 Å². The molecular formula is C20H20ClN3O4S. The fourth-order valence-corrected chi connectivity index (χ4v) is 5.87. The van der Waals surface area contributed by atoms with Crippen molar-refractivity contribution in [2.45, 2.75) is 35.6 Å². The Morgan fingerprint density at radius 1 is 1.21 bits per heavy atom. The third-order valence-electron chi connectivity index (χ3n) is 5.47. The summed E-state index contributed by atoms with van der Waals surface area (Å²) in [6, 6.07) is 7.99. The van der Waals surface area contributed by atoms with Crippen molar-refractivity contribution in [3.8, 4) is 6.07 Å². The summed E-state index contributed by atoms with van der Waals surface area (Å²) in [5.41, 5.74) is 1.86. The van der Waals surface area contributed by atoms with Gasteiger partial charge in [-0.05, 0) is 31.4 Å². The van der Waals surface area contributed by atoms with Gasteiger partial charge in [-0.2, -0.15) is 9.57 Å². The molecule has 0 spiro atoms. The van der Waals surface area contributed by atoms with Crippen molar-refractivity contribution in [1.82, 2.24) is 9.21 Å². The van der Waals surface area contributed by atoms with Gasteiger partial charge in [0.15, 0.2) is 0 Å². The maximum atomic E-state index is 13.0. The number of carbonyl (C=O) groups excluding carboxylic acids is 1. The molecule has 2 heterocycles. The molecule has 29 heavy (non-hydrogen) atoms. The van der Waals surface area contributed by atoms with Gasteiger partial charge >= 0.3 is 6.09 Å². The lowest BCUT2D eigenvalue weighted by Crippen LogP contribution is -2.50. The van der Waals surface area contributed by atoms with Gasteiger partial charge in [-0.3, -0.25) is 4.90 Å². The van der Waals surface area contributed by atoms with Crippen LogP contribution in [0.5, 0.6) is 0 Å². The Bertz CT molecular complexity index is 1040. The van der Waals surface area contributed by atoms with Gasteiger partial charge in [0, 0.05) is 30.4 Å². The second-order valence-electron chi connectivity index (χ2n) is 7.20. The largest absolute Gasteiger partial charge is 0.444 e. The highest BCUT2D eigenvalue weighted by Gasteiger charge is 2.39. The zero-order valence-electron chi connectivity index (χ0n) is 15.6. The van der Waals surface area contributed by atoms with Crippen LogP contribution in [-0.4, -0.2) is 54.8 Å². The third-order valence-corrected chi connectivity index (χ3v) is 7.73. The average molecular weight is 434 g/mol. The van der Waals surface area contributed by atoms with Crippen molar-refractivity contribution in [3.63, 3.8) is 0 Å². The number of alkyl halides is 1. The van der Waals surface area contributed by atoms with Crippen LogP contribution in [0.15, 0.2) is 52.6 Å². The molecule has 0 saturated carbocycles. The van der Waals surface area contributed by atoms with Gasteiger partial charge in [0.25, 0.3) is 0 Å². The van der Waals surface area contributed by atoms with Crippen LogP contribution in [0, 0.1) is 11.3 Å². The predicted octanol–water partition coefficient (Wildman–Crippen LogP) is 2.98. The highest BCUT2D eigenvalue weighted by molar-refractivity contribution is 7.89. The molecule has 4 rings (SSSR count). The molecule has 2 saturated heterocycles. The summed E-state index contributed by atoms with van der Waals surface area (Å²) in [4.78, 5) is 14.1. The van der Waals surface area contributed by atoms with Crippen LogP contribution in [0.4, 0.5) is 4.79 Å². The first-order chi connectivity index (χ1) is 13.9. The van der Waals surface area contributed by atoms with E-state index in [9.17, 15) is 18.5 Å². The van der Waals surface area contributed by atoms with Crippen molar-refractivity contribution in [2.24, 2.45) is 0 Å². The lowest BCUT2D eigenvalue weighted by Gasteiger charge is -2.41. The summed E-state index contributed by atoms with van der Waals surface area (Å²) in [6.45, 7) is 0.741. The summed E-state index contributed by atoms with van der Waals surface area (Å²) in [5, 5.41) is 9.13. The van der Waals surface area contributed by atoms with E-state index < -0.39 is 16.1 Å². The van der Waals surface area contributed by atoms with E-state index in [1.54, 1.807) is 17.0 Å². The Morgan fingerprint density at radius 3 is 2.66 bits per heavy atom. The van der Waals surface area contributed by atoms with E-state index >= 15 is 0 Å². The number of benzene rings is 1. The highest BCUT2D eigenvalue weighted by atomic mass is 35.5. The number of cyclic esters (lactones) is 1. The number of nitriles is 1. The Kier molecular flexibility index (Phi) is 5.38. The number of allylic oxidation sites excluding steroid dienone is 2. The molecule has 9 heteroatoms. The molecule has 3 aliphatic rings. The lowest BCUT2D eigenvalue weighted by molar-refractivity contribution is 0.0812. The molecule has 2 aliphatic heterocycles. The molecule has 7 nitrogen and oxygen atoms in total. The SMILES string of the molecule is N#Cc1ccccc1S(=O)(=O)N1CCC(N2C(=O)OCC3=CC(Cl)CC=C32)CC1. The summed E-state index contributed by atoms with van der Waals surface area (Å²) in [7, 11) is -3.77. The van der Waals surface area contributed by atoms with Crippen LogP contribution < -0.4 is 0 Å². The van der Waals surface area contributed by atoms with Crippen molar-refractivity contribution in [3.05, 3.63) is 53.3 Å². The molecule has 1 aromatic rings. The number of hydrogen-bond donors (Lipinski definition) is 0. The van der Waals surface area contributed by atoms with Crippen LogP contribution in [0.3, 0.4) is 0 Å². The minimum absolute atomic E-state index is 0.0201. The van der Waals surface area contributed by atoms with E-state index in [1.165, 1.54) is 16.4 Å². The number of ether oxygens (including phenoxy) is 1. The molecule has 1 atom stereocenters. The van der Waals surface area contributed by atoms with E-state index in [4.69, 9.17) is 16.3 Å². The minimum atomic E-state index is -3.77. The number of piperidine rings is 1. The van der Waals surface area contributed by atoms with E-state index in [0.29, 0.717) is 19.3 Å². The van der Waals surface area contributed by atoms with Gasteiger partial charge < -0.3 is 4.74 Å². The normalized spacial score (nSPS) is 23.5. The number of carbonyl (C=O) groups is 1. The number of fused-ring (bicyclic) bond motifs is 1. The first-order valence-corrected chi connectivity index (χ1v) is 11.3. The number of amides is 1. The monoisotopic (exact) mass is 433 g/mol. The van der Waals surface area contributed by atoms with Gasteiger partial charge in [-0.15, -0.1) is 11.6 Å². The summed E-state index contributed by atoms with van der Waals surface area (Å²) >= 11 is 6.18. The Labute approximate surface area is 174 Å². The second kappa shape index (κ2) is 7.82. The highest BCUT2D eigenvalue weighted by Crippen LogP contribution is 2.34. The molecule has 0 bridgehead atoms. The Balaban J connectivity index is 1.52. The van der Waals surface area contributed by atoms with Crippen LogP contribution >= 0.6 is 11.6 Å². The number of halogens is 1. The quantitative estimate of drug-likeness (QED) is 0.683. The first kappa shape index (κ1) is 20.0. The van der Waals surface area contributed by atoms with E-state index in [0.717, 1.165) is 11.3 Å². The molecule has 0 aromatic heterocycles. The smallest absolute Gasteiger partial charge is 0.414 e. The van der Waals surface area contributed by atoms with Crippen molar-refractivity contribution in [2.75, 3.05) is 19.7 Å². The van der Waals surface area contributed by atoms with Crippen LogP contribution in [0.1, 0.15) is 24.8 Å². The van der Waals surface area contributed by atoms with E-state index in [1.807, 2.05) is 18.2 Å². The maximum absolute atomic E-state index is 13.0. The standard InChI is InChI=1S/C20H20ClN3O4S/c21-16-5-6-18-15(11-16)13-28-20(25)24(18)17-7-9-23(10-8-17)29(26,27)19-4-2-1-3-14(19)12-22/h1-4,6,11,16-17H,5,7-10,13H2. The summed E-state index contributed by atoms with van der Waals surface area (Å²) < 4.78 is 32.7. The molecular weight excluding hydrogens is 414 g/mol. The summed E-state index contributed by atoms with van der Waals surface area (Å²) in [6.07, 6.45) is 5.07. The molecule has 0 N–H and O–H groups in total. The van der Waals surface area contributed by atoms with Crippen LogP contribution in [0.2, 0.25) is 0 Å². The first-order valence-electron chi connectivity index (χ1n) is 9.42. The van der Waals surface area contributed by atoms with Crippen molar-refractivity contribution < 1.29 is 17.9 Å².